The van der Waals surface area contributed by atoms with Crippen LogP contribution in [0.1, 0.15) is 49.3 Å². The van der Waals surface area contributed by atoms with Gasteiger partial charge in [-0.05, 0) is 61.2 Å². The van der Waals surface area contributed by atoms with Gasteiger partial charge in [0.2, 0.25) is 0 Å². The lowest BCUT2D eigenvalue weighted by Gasteiger charge is -2.41. The van der Waals surface area contributed by atoms with Gasteiger partial charge in [0.05, 0.1) is 12.2 Å². The number of halogens is 1. The molecule has 1 N–H and O–H groups in total. The van der Waals surface area contributed by atoms with Crippen molar-refractivity contribution in [3.8, 4) is 5.75 Å². The average Bonchev–Trinajstić information content (AvgIpc) is 2.90. The van der Waals surface area contributed by atoms with Crippen LogP contribution in [-0.4, -0.2) is 49.3 Å². The Morgan fingerprint density at radius 2 is 1.67 bits per heavy atom. The van der Waals surface area contributed by atoms with Gasteiger partial charge in [0.15, 0.2) is 0 Å². The lowest BCUT2D eigenvalue weighted by Crippen LogP contribution is -2.49. The summed E-state index contributed by atoms with van der Waals surface area (Å²) in [7, 11) is 0. The average molecular weight is 507 g/mol. The first-order valence-electron chi connectivity index (χ1n) is 13.1. The van der Waals surface area contributed by atoms with Crippen LogP contribution >= 0.6 is 11.6 Å². The zero-order valence-electron chi connectivity index (χ0n) is 21.8. The van der Waals surface area contributed by atoms with E-state index in [4.69, 9.17) is 16.3 Å². The van der Waals surface area contributed by atoms with E-state index in [0.29, 0.717) is 0 Å². The fraction of sp³-hybridized carbons (Fsp3) is 0.419. The maximum atomic E-state index is 11.9. The third kappa shape index (κ3) is 6.42. The van der Waals surface area contributed by atoms with Gasteiger partial charge < -0.3 is 14.7 Å². The van der Waals surface area contributed by atoms with Crippen molar-refractivity contribution in [2.24, 2.45) is 0 Å². The monoisotopic (exact) mass is 506 g/mol. The summed E-state index contributed by atoms with van der Waals surface area (Å²) in [6.07, 6.45) is 2.15. The van der Waals surface area contributed by atoms with Crippen LogP contribution in [0.25, 0.3) is 0 Å². The highest BCUT2D eigenvalue weighted by Gasteiger charge is 2.36. The van der Waals surface area contributed by atoms with E-state index < -0.39 is 5.60 Å². The number of aryl methyl sites for hydroxylation is 1. The summed E-state index contributed by atoms with van der Waals surface area (Å²) in [6, 6.07) is 24.5. The molecule has 0 bridgehead atoms. The lowest BCUT2D eigenvalue weighted by atomic mass is 9.78. The van der Waals surface area contributed by atoms with Gasteiger partial charge in [-0.2, -0.15) is 0 Å². The van der Waals surface area contributed by atoms with E-state index in [-0.39, 0.29) is 5.92 Å². The molecule has 36 heavy (non-hydrogen) atoms. The number of benzene rings is 3. The van der Waals surface area contributed by atoms with Crippen molar-refractivity contribution in [3.05, 3.63) is 94.5 Å². The van der Waals surface area contributed by atoms with Crippen molar-refractivity contribution < 1.29 is 9.84 Å². The third-order valence-electron chi connectivity index (χ3n) is 7.41. The Morgan fingerprint density at radius 3 is 2.33 bits per heavy atom. The highest BCUT2D eigenvalue weighted by Crippen LogP contribution is 2.38. The summed E-state index contributed by atoms with van der Waals surface area (Å²) < 4.78 is 5.84. The van der Waals surface area contributed by atoms with E-state index in [1.165, 1.54) is 11.3 Å². The van der Waals surface area contributed by atoms with E-state index in [1.807, 2.05) is 43.3 Å². The Morgan fingerprint density at radius 1 is 0.972 bits per heavy atom. The van der Waals surface area contributed by atoms with Crippen molar-refractivity contribution in [1.82, 2.24) is 4.90 Å². The molecule has 0 unspecified atom stereocenters. The predicted octanol–water partition coefficient (Wildman–Crippen LogP) is 6.64. The van der Waals surface area contributed by atoms with Crippen LogP contribution in [0.2, 0.25) is 5.02 Å². The van der Waals surface area contributed by atoms with Crippen LogP contribution in [0, 0.1) is 6.92 Å². The molecule has 192 valence electrons. The van der Waals surface area contributed by atoms with Crippen molar-refractivity contribution in [1.29, 1.82) is 0 Å². The molecule has 0 aromatic heterocycles. The van der Waals surface area contributed by atoms with Crippen molar-refractivity contribution in [2.45, 2.75) is 45.1 Å². The number of aliphatic hydroxyl groups is 1. The van der Waals surface area contributed by atoms with E-state index in [0.717, 1.165) is 74.1 Å². The molecule has 1 fully saturated rings. The molecule has 0 radical (unpaired) electrons. The number of hydrogen-bond donors (Lipinski definition) is 1. The largest absolute Gasteiger partial charge is 0.494 e. The number of anilines is 1. The maximum Gasteiger partial charge on any atom is 0.119 e. The Labute approximate surface area is 221 Å². The number of rotatable bonds is 10. The molecular weight excluding hydrogens is 468 g/mol. The normalized spacial score (nSPS) is 17.0. The number of nitrogens with zero attached hydrogens (tertiary/aromatic N) is 2. The van der Waals surface area contributed by atoms with Crippen LogP contribution < -0.4 is 9.64 Å². The van der Waals surface area contributed by atoms with Gasteiger partial charge in [0, 0.05) is 49.4 Å². The minimum atomic E-state index is -1.02. The molecule has 0 saturated carbocycles. The van der Waals surface area contributed by atoms with Crippen LogP contribution in [0.4, 0.5) is 5.69 Å². The van der Waals surface area contributed by atoms with E-state index in [2.05, 4.69) is 60.0 Å². The summed E-state index contributed by atoms with van der Waals surface area (Å²) >= 11 is 6.28. The summed E-state index contributed by atoms with van der Waals surface area (Å²) in [5.41, 5.74) is 3.51. The fourth-order valence-electron chi connectivity index (χ4n) is 5.07. The molecule has 1 aliphatic rings. The van der Waals surface area contributed by atoms with Gasteiger partial charge in [-0.1, -0.05) is 73.5 Å². The van der Waals surface area contributed by atoms with Crippen molar-refractivity contribution >= 4 is 17.3 Å². The Hall–Kier alpha value is -2.53. The van der Waals surface area contributed by atoms with Crippen LogP contribution in [-0.2, 0) is 5.60 Å². The number of piperazine rings is 1. The molecule has 1 aliphatic heterocycles. The number of hydrogen-bond acceptors (Lipinski definition) is 4. The fourth-order valence-corrected chi connectivity index (χ4v) is 5.24. The summed E-state index contributed by atoms with van der Waals surface area (Å²) in [5, 5.41) is 12.7. The lowest BCUT2D eigenvalue weighted by molar-refractivity contribution is 0.0121. The first-order chi connectivity index (χ1) is 17.4. The van der Waals surface area contributed by atoms with E-state index in [1.54, 1.807) is 0 Å². The van der Waals surface area contributed by atoms with Gasteiger partial charge in [-0.15, -0.1) is 0 Å². The second kappa shape index (κ2) is 12.1. The van der Waals surface area contributed by atoms with E-state index >= 15 is 0 Å². The van der Waals surface area contributed by atoms with Gasteiger partial charge in [-0.3, -0.25) is 4.90 Å². The van der Waals surface area contributed by atoms with Crippen LogP contribution in [0.3, 0.4) is 0 Å². The second-order valence-electron chi connectivity index (χ2n) is 10.1. The molecule has 1 heterocycles. The van der Waals surface area contributed by atoms with Gasteiger partial charge >= 0.3 is 0 Å². The highest BCUT2D eigenvalue weighted by atomic mass is 35.5. The first-order valence-corrected chi connectivity index (χ1v) is 13.5. The SMILES string of the molecule is CCCCOc1ccc([C@](C)(O)[C@H](CN2CCN(c3cc(Cl)ccc3C)CC2)c2ccccc2)cc1. The molecule has 0 aliphatic carbocycles. The summed E-state index contributed by atoms with van der Waals surface area (Å²) in [5.74, 6) is 0.789. The van der Waals surface area contributed by atoms with Crippen LogP contribution in [0.5, 0.6) is 5.75 Å². The number of unbranched alkanes of at least 4 members (excludes halogenated alkanes) is 1. The quantitative estimate of drug-likeness (QED) is 0.313. The molecule has 4 rings (SSSR count). The zero-order chi connectivity index (χ0) is 25.5. The zero-order valence-corrected chi connectivity index (χ0v) is 22.5. The van der Waals surface area contributed by atoms with Gasteiger partial charge in [-0.25, -0.2) is 0 Å². The second-order valence-corrected chi connectivity index (χ2v) is 10.5. The molecule has 3 aromatic rings. The molecule has 2 atom stereocenters. The smallest absolute Gasteiger partial charge is 0.119 e. The Kier molecular flexibility index (Phi) is 8.95. The topological polar surface area (TPSA) is 35.9 Å². The highest BCUT2D eigenvalue weighted by molar-refractivity contribution is 6.30. The molecule has 5 heteroatoms. The van der Waals surface area contributed by atoms with Crippen molar-refractivity contribution in [3.63, 3.8) is 0 Å². The predicted molar refractivity (Wildman–Crippen MR) is 150 cm³/mol. The molecular formula is C31H39ClN2O2. The molecule has 0 amide bonds. The Bertz CT molecular complexity index is 1090. The molecule has 4 nitrogen and oxygen atoms in total. The number of ether oxygens (including phenoxy) is 1. The molecule has 3 aromatic carbocycles. The summed E-state index contributed by atoms with van der Waals surface area (Å²) in [4.78, 5) is 4.90. The molecule has 1 saturated heterocycles. The van der Waals surface area contributed by atoms with Crippen LogP contribution in [0.15, 0.2) is 72.8 Å². The van der Waals surface area contributed by atoms with E-state index in [9.17, 15) is 5.11 Å². The standard InChI is InChI=1S/C31H39ClN2O2/c1-4-5-21-36-28-15-12-26(13-16-28)31(3,35)29(25-9-7-6-8-10-25)23-33-17-19-34(20-18-33)30-22-27(32)14-11-24(30)2/h6-16,22,29,35H,4-5,17-21,23H2,1-3H3/t29-,31+/m1/s1. The Balaban J connectivity index is 1.49. The minimum Gasteiger partial charge on any atom is -0.494 e. The van der Waals surface area contributed by atoms with Gasteiger partial charge in [0.25, 0.3) is 0 Å². The van der Waals surface area contributed by atoms with Gasteiger partial charge in [0.1, 0.15) is 5.75 Å². The maximum absolute atomic E-state index is 11.9. The summed E-state index contributed by atoms with van der Waals surface area (Å²) in [6.45, 7) is 11.5. The molecule has 0 spiro atoms. The third-order valence-corrected chi connectivity index (χ3v) is 7.65. The minimum absolute atomic E-state index is 0.0648. The van der Waals surface area contributed by atoms with Crippen molar-refractivity contribution in [2.75, 3.05) is 44.2 Å². The first kappa shape index (κ1) is 26.5.